The van der Waals surface area contributed by atoms with E-state index in [-0.39, 0.29) is 0 Å². The topological polar surface area (TPSA) is 38.1 Å². The van der Waals surface area contributed by atoms with Crippen LogP contribution in [0, 0.1) is 17.8 Å². The second-order valence-corrected chi connectivity index (χ2v) is 8.13. The van der Waals surface area contributed by atoms with Crippen LogP contribution in [0.25, 0.3) is 11.3 Å². The van der Waals surface area contributed by atoms with Gasteiger partial charge < -0.3 is 9.84 Å². The van der Waals surface area contributed by atoms with E-state index in [4.69, 9.17) is 4.52 Å². The predicted molar refractivity (Wildman–Crippen MR) is 89.7 cm³/mol. The molecule has 0 radical (unpaired) electrons. The minimum Gasteiger partial charge on any atom is -0.364 e. The molecule has 4 aliphatic carbocycles. The smallest absolute Gasteiger partial charge is 0.124 e. The normalized spacial score (nSPS) is 34.9. The summed E-state index contributed by atoms with van der Waals surface area (Å²) in [5.74, 6) is 3.01. The molecule has 0 spiro atoms. The molecule has 3 heteroatoms. The summed E-state index contributed by atoms with van der Waals surface area (Å²) in [4.78, 5) is 0. The molecule has 0 amide bonds. The lowest BCUT2D eigenvalue weighted by molar-refractivity contribution is -0.0206. The van der Waals surface area contributed by atoms with E-state index in [1.807, 2.05) is 6.07 Å². The van der Waals surface area contributed by atoms with Gasteiger partial charge in [0.15, 0.2) is 0 Å². The fourth-order valence-electron chi connectivity index (χ4n) is 5.77. The van der Waals surface area contributed by atoms with Crippen LogP contribution in [0.5, 0.6) is 0 Å². The highest BCUT2D eigenvalue weighted by Crippen LogP contribution is 2.55. The zero-order valence-electron chi connectivity index (χ0n) is 13.5. The van der Waals surface area contributed by atoms with Crippen molar-refractivity contribution >= 4 is 0 Å². The van der Waals surface area contributed by atoms with Crippen LogP contribution in [0.4, 0.5) is 0 Å². The Labute approximate surface area is 137 Å². The highest BCUT2D eigenvalue weighted by molar-refractivity contribution is 5.58. The van der Waals surface area contributed by atoms with Crippen molar-refractivity contribution in [2.24, 2.45) is 17.8 Å². The number of nitrogens with one attached hydrogen (secondary N) is 1. The number of hydrogen-bond acceptors (Lipinski definition) is 3. The van der Waals surface area contributed by atoms with Crippen LogP contribution in [-0.4, -0.2) is 10.7 Å². The zero-order valence-corrected chi connectivity index (χ0v) is 13.5. The van der Waals surface area contributed by atoms with Crippen LogP contribution in [0.2, 0.25) is 0 Å². The molecular formula is C20H24N2O. The van der Waals surface area contributed by atoms with Gasteiger partial charge in [-0.25, -0.2) is 0 Å². The zero-order chi connectivity index (χ0) is 15.3. The predicted octanol–water partition coefficient (Wildman–Crippen LogP) is 4.40. The monoisotopic (exact) mass is 308 g/mol. The lowest BCUT2D eigenvalue weighted by Crippen LogP contribution is -2.58. The van der Waals surface area contributed by atoms with E-state index < -0.39 is 0 Å². The van der Waals surface area contributed by atoms with E-state index in [2.05, 4.69) is 34.7 Å². The molecule has 0 saturated heterocycles. The first kappa shape index (κ1) is 13.8. The van der Waals surface area contributed by atoms with Crippen LogP contribution >= 0.6 is 0 Å². The Kier molecular flexibility index (Phi) is 3.12. The molecule has 4 saturated carbocycles. The SMILES string of the molecule is c1cc(-c2ccc(CNC34CC5CC(CC(C5)C3)C4)cc2)no1. The summed E-state index contributed by atoms with van der Waals surface area (Å²) in [6.07, 6.45) is 10.4. The first-order chi connectivity index (χ1) is 11.3. The molecule has 23 heavy (non-hydrogen) atoms. The van der Waals surface area contributed by atoms with E-state index >= 15 is 0 Å². The summed E-state index contributed by atoms with van der Waals surface area (Å²) in [5, 5.41) is 7.96. The van der Waals surface area contributed by atoms with Crippen molar-refractivity contribution in [2.45, 2.75) is 50.6 Å². The molecule has 4 fully saturated rings. The third kappa shape index (κ3) is 2.51. The van der Waals surface area contributed by atoms with Crippen LogP contribution in [0.15, 0.2) is 41.1 Å². The molecule has 1 N–H and O–H groups in total. The van der Waals surface area contributed by atoms with Gasteiger partial charge in [0.2, 0.25) is 0 Å². The Balaban J connectivity index is 1.28. The molecular weight excluding hydrogens is 284 g/mol. The molecule has 0 unspecified atom stereocenters. The summed E-state index contributed by atoms with van der Waals surface area (Å²) in [5.41, 5.74) is 3.84. The quantitative estimate of drug-likeness (QED) is 0.909. The van der Waals surface area contributed by atoms with Gasteiger partial charge in [-0.3, -0.25) is 0 Å². The van der Waals surface area contributed by atoms with E-state index in [0.29, 0.717) is 5.54 Å². The Morgan fingerprint density at radius 3 is 2.17 bits per heavy atom. The summed E-state index contributed by atoms with van der Waals surface area (Å²) < 4.78 is 4.92. The average molecular weight is 308 g/mol. The van der Waals surface area contributed by atoms with E-state index in [0.717, 1.165) is 35.6 Å². The number of nitrogens with zero attached hydrogens (tertiary/aromatic N) is 1. The van der Waals surface area contributed by atoms with Gasteiger partial charge in [0.05, 0.1) is 0 Å². The van der Waals surface area contributed by atoms with Gasteiger partial charge in [-0.05, 0) is 61.8 Å². The first-order valence-corrected chi connectivity index (χ1v) is 9.03. The second kappa shape index (κ2) is 5.20. The maximum Gasteiger partial charge on any atom is 0.124 e. The molecule has 120 valence electrons. The van der Waals surface area contributed by atoms with E-state index in [9.17, 15) is 0 Å². The van der Waals surface area contributed by atoms with Crippen molar-refractivity contribution in [3.8, 4) is 11.3 Å². The van der Waals surface area contributed by atoms with Gasteiger partial charge in [-0.1, -0.05) is 29.4 Å². The summed E-state index contributed by atoms with van der Waals surface area (Å²) >= 11 is 0. The number of benzene rings is 1. The third-order valence-corrected chi connectivity index (χ3v) is 6.39. The van der Waals surface area contributed by atoms with Gasteiger partial charge in [0.1, 0.15) is 12.0 Å². The Bertz CT molecular complexity index is 639. The van der Waals surface area contributed by atoms with Crippen LogP contribution < -0.4 is 5.32 Å². The Morgan fingerprint density at radius 2 is 1.61 bits per heavy atom. The van der Waals surface area contributed by atoms with Crippen molar-refractivity contribution in [1.29, 1.82) is 0 Å². The van der Waals surface area contributed by atoms with Gasteiger partial charge >= 0.3 is 0 Å². The molecule has 0 atom stereocenters. The highest BCUT2D eigenvalue weighted by Gasteiger charge is 2.50. The van der Waals surface area contributed by atoms with Crippen LogP contribution in [0.3, 0.4) is 0 Å². The molecule has 1 aromatic heterocycles. The largest absolute Gasteiger partial charge is 0.364 e. The first-order valence-electron chi connectivity index (χ1n) is 9.03. The molecule has 4 aliphatic rings. The van der Waals surface area contributed by atoms with E-state index in [1.54, 1.807) is 6.26 Å². The van der Waals surface area contributed by atoms with Gasteiger partial charge in [-0.2, -0.15) is 0 Å². The molecule has 6 rings (SSSR count). The number of rotatable bonds is 4. The fourth-order valence-corrected chi connectivity index (χ4v) is 5.77. The standard InChI is InChI=1S/C20H24N2O/c1-3-18(19-5-6-23-22-19)4-2-14(1)13-21-20-10-15-7-16(11-20)9-17(8-15)12-20/h1-6,15-17,21H,7-13H2. The number of aromatic nitrogens is 1. The maximum absolute atomic E-state index is 4.92. The highest BCUT2D eigenvalue weighted by atomic mass is 16.5. The minimum atomic E-state index is 0.444. The van der Waals surface area contributed by atoms with Crippen molar-refractivity contribution in [3.63, 3.8) is 0 Å². The maximum atomic E-state index is 4.92. The third-order valence-electron chi connectivity index (χ3n) is 6.39. The van der Waals surface area contributed by atoms with Crippen LogP contribution in [0.1, 0.15) is 44.1 Å². The fraction of sp³-hybridized carbons (Fsp3) is 0.550. The lowest BCUT2D eigenvalue weighted by Gasteiger charge is -2.57. The lowest BCUT2D eigenvalue weighted by atomic mass is 9.53. The molecule has 1 heterocycles. The minimum absolute atomic E-state index is 0.444. The molecule has 4 bridgehead atoms. The molecule has 0 aliphatic heterocycles. The molecule has 1 aromatic carbocycles. The molecule has 3 nitrogen and oxygen atoms in total. The van der Waals surface area contributed by atoms with Crippen molar-refractivity contribution in [2.75, 3.05) is 0 Å². The van der Waals surface area contributed by atoms with Gasteiger partial charge in [-0.15, -0.1) is 0 Å². The average Bonchev–Trinajstić information content (AvgIpc) is 3.07. The van der Waals surface area contributed by atoms with E-state index in [1.165, 1.54) is 44.1 Å². The Morgan fingerprint density at radius 1 is 0.957 bits per heavy atom. The van der Waals surface area contributed by atoms with Gasteiger partial charge in [0.25, 0.3) is 0 Å². The van der Waals surface area contributed by atoms with Gasteiger partial charge in [0, 0.05) is 23.7 Å². The summed E-state index contributed by atoms with van der Waals surface area (Å²) in [7, 11) is 0. The summed E-state index contributed by atoms with van der Waals surface area (Å²) in [6, 6.07) is 10.6. The molecule has 2 aromatic rings. The van der Waals surface area contributed by atoms with Crippen molar-refractivity contribution in [1.82, 2.24) is 10.5 Å². The van der Waals surface area contributed by atoms with Crippen molar-refractivity contribution in [3.05, 3.63) is 42.2 Å². The second-order valence-electron chi connectivity index (χ2n) is 8.13. The van der Waals surface area contributed by atoms with Crippen molar-refractivity contribution < 1.29 is 4.52 Å². The summed E-state index contributed by atoms with van der Waals surface area (Å²) in [6.45, 7) is 0.991. The Hall–Kier alpha value is -1.61. The van der Waals surface area contributed by atoms with Crippen LogP contribution in [-0.2, 0) is 6.54 Å². The number of hydrogen-bond donors (Lipinski definition) is 1.